The van der Waals surface area contributed by atoms with E-state index in [1.54, 1.807) is 12.1 Å². The van der Waals surface area contributed by atoms with E-state index >= 15 is 0 Å². The van der Waals surface area contributed by atoms with Crippen molar-refractivity contribution >= 4 is 28.1 Å². The van der Waals surface area contributed by atoms with Crippen LogP contribution in [0, 0.1) is 25.7 Å². The van der Waals surface area contributed by atoms with Crippen LogP contribution in [0.15, 0.2) is 65.8 Å². The largest absolute Gasteiger partial charge is 0.476 e. The quantitative estimate of drug-likeness (QED) is 0.139. The number of sulfonamides is 1. The zero-order valence-corrected chi connectivity index (χ0v) is 31.9. The fraction of sp³-hybridized carbons (Fsp3) is 0.475. The molecule has 2 aliphatic rings. The van der Waals surface area contributed by atoms with Gasteiger partial charge in [-0.2, -0.15) is 4.98 Å². The van der Waals surface area contributed by atoms with Crippen LogP contribution in [0.1, 0.15) is 92.0 Å². The number of carbonyl (C=O) groups is 1. The maximum absolute atomic E-state index is 13.5. The van der Waals surface area contributed by atoms with Crippen molar-refractivity contribution in [3.8, 4) is 17.1 Å². The molecular weight excluding hydrogens is 675 g/mol. The number of carbonyl (C=O) groups excluding carboxylic acids is 1. The Bertz CT molecular complexity index is 1960. The lowest BCUT2D eigenvalue weighted by Crippen LogP contribution is -2.43. The standard InChI is InChI=1S/C40H51N7O4S/c1-26(2)19-30-14-9-18-35(34-22-41-23-37(42-34)46(5)31-15-10-16-31)47(6)36(30)25-51-38-21-33(39-27(3)11-7-12-28(39)4)43-40(44-38)45-52(49,50)32-17-8-13-29(20-32)24-48/h7-8,11-13,17,20-24,26,30-31,35-36H,9-10,14-16,18-19,25H2,1-6H3,(H,43,44,45). The molecule has 0 bridgehead atoms. The highest BCUT2D eigenvalue weighted by Gasteiger charge is 2.36. The van der Waals surface area contributed by atoms with Crippen LogP contribution in [0.2, 0.25) is 0 Å². The Kier molecular flexibility index (Phi) is 11.5. The molecule has 276 valence electrons. The third kappa shape index (κ3) is 8.44. The molecule has 0 amide bonds. The van der Waals surface area contributed by atoms with E-state index in [0.29, 0.717) is 36.5 Å². The number of hydrogen-bond acceptors (Lipinski definition) is 10. The number of ether oxygens (including phenoxy) is 1. The summed E-state index contributed by atoms with van der Waals surface area (Å²) in [5.41, 5.74) is 4.64. The Morgan fingerprint density at radius 1 is 0.981 bits per heavy atom. The molecule has 3 atom stereocenters. The molecule has 3 heterocycles. The zero-order valence-electron chi connectivity index (χ0n) is 31.1. The number of hydrogen-bond donors (Lipinski definition) is 1. The van der Waals surface area contributed by atoms with Crippen molar-refractivity contribution in [3.05, 3.63) is 83.3 Å². The number of anilines is 2. The minimum absolute atomic E-state index is 0.0366. The van der Waals surface area contributed by atoms with Crippen molar-refractivity contribution in [2.75, 3.05) is 30.3 Å². The number of rotatable bonds is 13. The van der Waals surface area contributed by atoms with Gasteiger partial charge in [-0.1, -0.05) is 50.6 Å². The molecule has 3 unspecified atom stereocenters. The number of likely N-dealkylation sites (N-methyl/N-ethyl adjacent to an activating group) is 1. The summed E-state index contributed by atoms with van der Waals surface area (Å²) >= 11 is 0. The van der Waals surface area contributed by atoms with E-state index in [0.717, 1.165) is 53.9 Å². The molecule has 1 aliphatic carbocycles. The molecule has 1 saturated heterocycles. The summed E-state index contributed by atoms with van der Waals surface area (Å²) < 4.78 is 36.2. The first kappa shape index (κ1) is 37.3. The third-order valence-electron chi connectivity index (χ3n) is 10.7. The molecule has 2 aromatic heterocycles. The fourth-order valence-electron chi connectivity index (χ4n) is 7.68. The maximum Gasteiger partial charge on any atom is 0.264 e. The number of nitrogens with one attached hydrogen (secondary N) is 1. The van der Waals surface area contributed by atoms with Gasteiger partial charge in [0.05, 0.1) is 34.7 Å². The van der Waals surface area contributed by atoms with Gasteiger partial charge in [-0.3, -0.25) is 14.7 Å². The fourth-order valence-corrected chi connectivity index (χ4v) is 8.68. The number of nitrogens with zero attached hydrogens (tertiary/aromatic N) is 6. The monoisotopic (exact) mass is 725 g/mol. The highest BCUT2D eigenvalue weighted by molar-refractivity contribution is 7.92. The Morgan fingerprint density at radius 3 is 2.40 bits per heavy atom. The highest BCUT2D eigenvalue weighted by atomic mass is 32.2. The molecule has 1 N–H and O–H groups in total. The maximum atomic E-state index is 13.5. The van der Waals surface area contributed by atoms with Gasteiger partial charge >= 0.3 is 0 Å². The average molecular weight is 726 g/mol. The van der Waals surface area contributed by atoms with Crippen molar-refractivity contribution in [1.82, 2.24) is 24.8 Å². The van der Waals surface area contributed by atoms with Crippen LogP contribution in [-0.2, 0) is 10.0 Å². The smallest absolute Gasteiger partial charge is 0.264 e. The molecule has 0 radical (unpaired) electrons. The van der Waals surface area contributed by atoms with E-state index in [4.69, 9.17) is 9.72 Å². The summed E-state index contributed by atoms with van der Waals surface area (Å²) in [7, 11) is 0.165. The first-order chi connectivity index (χ1) is 24.9. The highest BCUT2D eigenvalue weighted by Crippen LogP contribution is 2.38. The van der Waals surface area contributed by atoms with Crippen LogP contribution in [0.3, 0.4) is 0 Å². The molecule has 1 saturated carbocycles. The molecule has 2 aromatic carbocycles. The van der Waals surface area contributed by atoms with Crippen molar-refractivity contribution in [2.45, 2.75) is 95.7 Å². The van der Waals surface area contributed by atoms with Crippen LogP contribution in [0.25, 0.3) is 11.3 Å². The minimum atomic E-state index is -4.12. The van der Waals surface area contributed by atoms with Crippen molar-refractivity contribution in [2.24, 2.45) is 11.8 Å². The normalized spacial score (nSPS) is 19.9. The van der Waals surface area contributed by atoms with Crippen molar-refractivity contribution in [3.63, 3.8) is 0 Å². The number of aryl methyl sites for hydroxylation is 2. The second kappa shape index (κ2) is 16.1. The summed E-state index contributed by atoms with van der Waals surface area (Å²) in [6, 6.07) is 14.2. The first-order valence-corrected chi connectivity index (χ1v) is 19.8. The van der Waals surface area contributed by atoms with Crippen LogP contribution in [0.4, 0.5) is 11.8 Å². The second-order valence-corrected chi connectivity index (χ2v) is 16.5. The van der Waals surface area contributed by atoms with Gasteiger partial charge in [0.2, 0.25) is 11.8 Å². The number of likely N-dealkylation sites (tertiary alicyclic amines) is 1. The summed E-state index contributed by atoms with van der Waals surface area (Å²) in [6.45, 7) is 8.86. The van der Waals surface area contributed by atoms with Gasteiger partial charge in [-0.05, 0) is 94.5 Å². The van der Waals surface area contributed by atoms with Crippen LogP contribution >= 0.6 is 0 Å². The molecule has 0 spiro atoms. The molecule has 4 aromatic rings. The number of benzene rings is 2. The summed E-state index contributed by atoms with van der Waals surface area (Å²) in [4.78, 5) is 35.1. The molecular formula is C40H51N7O4S. The summed E-state index contributed by atoms with van der Waals surface area (Å²) in [5.74, 6) is 1.95. The predicted molar refractivity (Wildman–Crippen MR) is 204 cm³/mol. The van der Waals surface area contributed by atoms with Gasteiger partial charge in [-0.25, -0.2) is 23.1 Å². The van der Waals surface area contributed by atoms with E-state index in [-0.39, 0.29) is 34.4 Å². The SMILES string of the molecule is Cc1cccc(C)c1-c1cc(OCC2C(CC(C)C)CCCC(c3cncc(N(C)C4CCC4)n3)N2C)nc(NS(=O)(=O)c2cccc(C=O)c2)n1. The summed E-state index contributed by atoms with van der Waals surface area (Å²) in [6.07, 6.45) is 12.2. The van der Waals surface area contributed by atoms with Gasteiger partial charge in [0, 0.05) is 36.3 Å². The Hall–Kier alpha value is -4.42. The number of aldehydes is 1. The van der Waals surface area contributed by atoms with E-state index < -0.39 is 10.0 Å². The average Bonchev–Trinajstić information content (AvgIpc) is 3.23. The molecule has 11 nitrogen and oxygen atoms in total. The molecule has 1 aliphatic heterocycles. The van der Waals surface area contributed by atoms with E-state index in [9.17, 15) is 13.2 Å². The first-order valence-electron chi connectivity index (χ1n) is 18.4. The minimum Gasteiger partial charge on any atom is -0.476 e. The Morgan fingerprint density at radius 2 is 1.71 bits per heavy atom. The number of aromatic nitrogens is 4. The van der Waals surface area contributed by atoms with Gasteiger partial charge in [0.25, 0.3) is 10.0 Å². The molecule has 52 heavy (non-hydrogen) atoms. The summed E-state index contributed by atoms with van der Waals surface area (Å²) in [5, 5.41) is 0. The third-order valence-corrected chi connectivity index (χ3v) is 12.0. The van der Waals surface area contributed by atoms with Gasteiger partial charge in [0.15, 0.2) is 0 Å². The van der Waals surface area contributed by atoms with E-state index in [1.807, 2.05) is 44.4 Å². The molecule has 2 fully saturated rings. The van der Waals surface area contributed by atoms with Crippen LogP contribution in [-0.4, -0.2) is 72.3 Å². The lowest BCUT2D eigenvalue weighted by molar-refractivity contribution is 0.0772. The topological polar surface area (TPSA) is 131 Å². The lowest BCUT2D eigenvalue weighted by Gasteiger charge is -2.38. The Labute approximate surface area is 308 Å². The molecule has 6 rings (SSSR count). The van der Waals surface area contributed by atoms with Gasteiger partial charge in [-0.15, -0.1) is 0 Å². The zero-order chi connectivity index (χ0) is 37.0. The Balaban J connectivity index is 1.32. The van der Waals surface area contributed by atoms with Gasteiger partial charge < -0.3 is 9.64 Å². The second-order valence-electron chi connectivity index (χ2n) is 14.9. The van der Waals surface area contributed by atoms with Crippen molar-refractivity contribution in [1.29, 1.82) is 0 Å². The van der Waals surface area contributed by atoms with Crippen LogP contribution in [0.5, 0.6) is 5.88 Å². The van der Waals surface area contributed by atoms with Gasteiger partial charge in [0.1, 0.15) is 18.7 Å². The lowest BCUT2D eigenvalue weighted by atomic mass is 9.87. The van der Waals surface area contributed by atoms with Crippen LogP contribution < -0.4 is 14.4 Å². The van der Waals surface area contributed by atoms with E-state index in [1.165, 1.54) is 37.5 Å². The molecule has 12 heteroatoms. The predicted octanol–water partition coefficient (Wildman–Crippen LogP) is 7.42. The van der Waals surface area contributed by atoms with Crippen molar-refractivity contribution < 1.29 is 17.9 Å². The van der Waals surface area contributed by atoms with E-state index in [2.05, 4.69) is 57.4 Å².